The Morgan fingerprint density at radius 2 is 1.69 bits per heavy atom. The molecular weight excluding hydrogens is 656 g/mol. The number of anilines is 2. The Balaban J connectivity index is 1.20. The number of thiazole rings is 1. The molecule has 3 aromatic carbocycles. The summed E-state index contributed by atoms with van der Waals surface area (Å²) in [5, 5.41) is 3.96. The highest BCUT2D eigenvalue weighted by Gasteiger charge is 2.29. The first-order valence-electron chi connectivity index (χ1n) is 16.8. The second-order valence-electron chi connectivity index (χ2n) is 14.7. The summed E-state index contributed by atoms with van der Waals surface area (Å²) in [7, 11) is 1.40. The average Bonchev–Trinajstić information content (AvgIpc) is 3.46. The maximum atomic E-state index is 12.9. The molecule has 0 unspecified atom stereocenters. The van der Waals surface area contributed by atoms with Crippen molar-refractivity contribution in [1.29, 1.82) is 0 Å². The molecule has 2 heterocycles. The molecule has 10 heteroatoms. The highest BCUT2D eigenvalue weighted by molar-refractivity contribution is 7.22. The molecule has 1 aromatic heterocycles. The summed E-state index contributed by atoms with van der Waals surface area (Å²) in [5.41, 5.74) is 7.98. The Kier molecular flexibility index (Phi) is 10.1. The minimum Gasteiger partial charge on any atom is -0.465 e. The van der Waals surface area contributed by atoms with Crippen LogP contribution in [0.15, 0.2) is 66.2 Å². The van der Waals surface area contributed by atoms with Gasteiger partial charge in [0.15, 0.2) is 5.13 Å². The number of hydrogen-bond donors (Lipinski definition) is 1. The van der Waals surface area contributed by atoms with E-state index in [9.17, 15) is 9.59 Å². The number of nitrogens with one attached hydrogen (secondary N) is 1. The Morgan fingerprint density at radius 3 is 2.39 bits per heavy atom. The van der Waals surface area contributed by atoms with E-state index in [2.05, 4.69) is 52.1 Å². The van der Waals surface area contributed by atoms with E-state index in [4.69, 9.17) is 21.1 Å². The van der Waals surface area contributed by atoms with Crippen molar-refractivity contribution in [2.45, 2.75) is 59.5 Å². The van der Waals surface area contributed by atoms with Crippen molar-refractivity contribution < 1.29 is 19.1 Å². The van der Waals surface area contributed by atoms with Crippen LogP contribution in [-0.4, -0.2) is 67.4 Å². The molecule has 6 rings (SSSR count). The van der Waals surface area contributed by atoms with Crippen LogP contribution in [0.1, 0.15) is 69.8 Å². The molecule has 0 atom stereocenters. The molecule has 0 bridgehead atoms. The highest BCUT2D eigenvalue weighted by atomic mass is 35.5. The number of methoxy groups -OCH3 is 1. The van der Waals surface area contributed by atoms with Crippen LogP contribution in [-0.2, 0) is 9.47 Å². The molecule has 1 fully saturated rings. The number of hydrogen-bond acceptors (Lipinski definition) is 8. The second-order valence-corrected chi connectivity index (χ2v) is 16.2. The first kappa shape index (κ1) is 34.9. The highest BCUT2D eigenvalue weighted by Crippen LogP contribution is 2.43. The third-order valence-electron chi connectivity index (χ3n) is 9.25. The maximum Gasteiger partial charge on any atom is 0.413 e. The molecule has 49 heavy (non-hydrogen) atoms. The van der Waals surface area contributed by atoms with Gasteiger partial charge in [-0.1, -0.05) is 60.6 Å². The molecule has 0 spiro atoms. The Morgan fingerprint density at radius 1 is 0.980 bits per heavy atom. The Bertz CT molecular complexity index is 1890. The van der Waals surface area contributed by atoms with Gasteiger partial charge in [0.25, 0.3) is 0 Å². The summed E-state index contributed by atoms with van der Waals surface area (Å²) in [6, 6.07) is 20.2. The first-order valence-corrected chi connectivity index (χ1v) is 18.0. The summed E-state index contributed by atoms with van der Waals surface area (Å²) < 4.78 is 11.4. The molecule has 0 saturated carbocycles. The minimum atomic E-state index is -0.609. The van der Waals surface area contributed by atoms with E-state index in [0.29, 0.717) is 10.7 Å². The van der Waals surface area contributed by atoms with Crippen LogP contribution in [0.2, 0.25) is 5.02 Å². The predicted molar refractivity (Wildman–Crippen MR) is 201 cm³/mol. The van der Waals surface area contributed by atoms with Crippen molar-refractivity contribution in [3.63, 3.8) is 0 Å². The fourth-order valence-corrected chi connectivity index (χ4v) is 7.71. The lowest BCUT2D eigenvalue weighted by Crippen LogP contribution is -2.47. The molecule has 258 valence electrons. The molecule has 1 amide bonds. The molecule has 0 radical (unpaired) electrons. The van der Waals surface area contributed by atoms with Crippen LogP contribution < -0.4 is 10.2 Å². The summed E-state index contributed by atoms with van der Waals surface area (Å²) in [6.45, 7) is 14.9. The molecule has 1 aliphatic heterocycles. The van der Waals surface area contributed by atoms with E-state index in [1.165, 1.54) is 36.0 Å². The van der Waals surface area contributed by atoms with Gasteiger partial charge in [-0.2, -0.15) is 0 Å². The van der Waals surface area contributed by atoms with Crippen molar-refractivity contribution in [2.75, 3.05) is 50.1 Å². The molecule has 4 aromatic rings. The molecular formula is C39H45ClN4O4S. The van der Waals surface area contributed by atoms with Crippen molar-refractivity contribution in [3.8, 4) is 11.1 Å². The fourth-order valence-electron chi connectivity index (χ4n) is 6.69. The van der Waals surface area contributed by atoms with Crippen LogP contribution in [0, 0.1) is 5.41 Å². The van der Waals surface area contributed by atoms with E-state index in [0.717, 1.165) is 77.6 Å². The normalized spacial score (nSPS) is 16.9. The second kappa shape index (κ2) is 14.1. The van der Waals surface area contributed by atoms with Crippen LogP contribution in [0.3, 0.4) is 0 Å². The monoisotopic (exact) mass is 700 g/mol. The number of aromatic nitrogens is 1. The van der Waals surface area contributed by atoms with Gasteiger partial charge in [0.2, 0.25) is 0 Å². The van der Waals surface area contributed by atoms with Gasteiger partial charge >= 0.3 is 12.1 Å². The zero-order chi connectivity index (χ0) is 34.9. The maximum absolute atomic E-state index is 12.9. The number of halogens is 1. The zero-order valence-corrected chi connectivity index (χ0v) is 30.8. The van der Waals surface area contributed by atoms with Gasteiger partial charge in [-0.05, 0) is 110 Å². The van der Waals surface area contributed by atoms with Crippen LogP contribution >= 0.6 is 22.9 Å². The zero-order valence-electron chi connectivity index (χ0n) is 29.2. The summed E-state index contributed by atoms with van der Waals surface area (Å²) in [6.07, 6.45) is 2.85. The summed E-state index contributed by atoms with van der Waals surface area (Å²) in [5.74, 6) is -0.386. The lowest BCUT2D eigenvalue weighted by atomic mass is 9.72. The number of carbonyl (C=O) groups excluding carboxylic acids is 2. The number of fused-ring (bicyclic) bond motifs is 1. The third kappa shape index (κ3) is 8.46. The number of amides is 1. The largest absolute Gasteiger partial charge is 0.465 e. The lowest BCUT2D eigenvalue weighted by molar-refractivity contribution is 0.0599. The Hall–Kier alpha value is -3.92. The van der Waals surface area contributed by atoms with Crippen LogP contribution in [0.25, 0.3) is 26.9 Å². The average molecular weight is 701 g/mol. The first-order chi connectivity index (χ1) is 23.3. The number of rotatable bonds is 7. The number of esters is 1. The third-order valence-corrected chi connectivity index (χ3v) is 10.4. The number of benzene rings is 3. The number of carbonyl (C=O) groups is 2. The van der Waals surface area contributed by atoms with Gasteiger partial charge in [-0.15, -0.1) is 0 Å². The molecule has 1 N–H and O–H groups in total. The lowest BCUT2D eigenvalue weighted by Gasteiger charge is -2.39. The summed E-state index contributed by atoms with van der Waals surface area (Å²) >= 11 is 7.58. The smallest absolute Gasteiger partial charge is 0.413 e. The quantitative estimate of drug-likeness (QED) is 0.192. The van der Waals surface area contributed by atoms with Crippen molar-refractivity contribution in [3.05, 3.63) is 82.4 Å². The van der Waals surface area contributed by atoms with E-state index >= 15 is 0 Å². The van der Waals surface area contributed by atoms with Crippen LogP contribution in [0.4, 0.5) is 15.6 Å². The Labute approximate surface area is 298 Å². The van der Waals surface area contributed by atoms with Crippen molar-refractivity contribution in [1.82, 2.24) is 9.88 Å². The van der Waals surface area contributed by atoms with Gasteiger partial charge in [-0.25, -0.2) is 14.6 Å². The molecule has 1 aliphatic carbocycles. The summed E-state index contributed by atoms with van der Waals surface area (Å²) in [4.78, 5) is 34.7. The SMILES string of the molecule is COC(=O)c1ccc(N2CCN(CC3=C(c4ccc(Cl)cc4)CC(C)(C)CC3)CC2)cc1-c1ccc2nc(NC(=O)OC(C)(C)C)sc2c1. The number of nitrogens with zero attached hydrogens (tertiary/aromatic N) is 3. The number of piperazine rings is 1. The van der Waals surface area contributed by atoms with Crippen LogP contribution in [0.5, 0.6) is 0 Å². The number of allylic oxidation sites excluding steroid dienone is 1. The topological polar surface area (TPSA) is 84.0 Å². The van der Waals surface area contributed by atoms with Gasteiger partial charge in [0, 0.05) is 43.4 Å². The number of ether oxygens (including phenoxy) is 2. The predicted octanol–water partition coefficient (Wildman–Crippen LogP) is 9.54. The van der Waals surface area contributed by atoms with E-state index in [1.807, 2.05) is 63.2 Å². The van der Waals surface area contributed by atoms with Crippen molar-refractivity contribution >= 4 is 61.6 Å². The van der Waals surface area contributed by atoms with E-state index in [1.54, 1.807) is 5.57 Å². The van der Waals surface area contributed by atoms with Gasteiger partial charge < -0.3 is 14.4 Å². The molecule has 1 saturated heterocycles. The van der Waals surface area contributed by atoms with Crippen molar-refractivity contribution in [2.24, 2.45) is 5.41 Å². The fraction of sp³-hybridized carbons (Fsp3) is 0.410. The van der Waals surface area contributed by atoms with E-state index < -0.39 is 11.7 Å². The van der Waals surface area contributed by atoms with E-state index in [-0.39, 0.29) is 11.4 Å². The minimum absolute atomic E-state index is 0.287. The molecule has 2 aliphatic rings. The van der Waals surface area contributed by atoms with Gasteiger partial charge in [0.1, 0.15) is 5.60 Å². The van der Waals surface area contributed by atoms with Gasteiger partial charge in [-0.3, -0.25) is 10.2 Å². The standard InChI is InChI=1S/C39H45ClN4O4S/c1-38(2,3)48-37(46)42-36-41-33-14-9-26(21-34(33)49-36)31-22-29(12-13-30(31)35(45)47-6)44-19-17-43(18-20-44)24-27-15-16-39(4,5)23-32(27)25-7-10-28(40)11-8-25/h7-14,21-22H,15-20,23-24H2,1-6H3,(H,41,42,46). The molecule has 8 nitrogen and oxygen atoms in total. The van der Waals surface area contributed by atoms with Gasteiger partial charge in [0.05, 0.1) is 22.9 Å².